The van der Waals surface area contributed by atoms with Gasteiger partial charge in [0.2, 0.25) is 0 Å². The Labute approximate surface area is 172 Å². The van der Waals surface area contributed by atoms with Gasteiger partial charge in [-0.1, -0.05) is 41.9 Å². The average Bonchev–Trinajstić information content (AvgIpc) is 2.73. The van der Waals surface area contributed by atoms with Crippen LogP contribution in [0.1, 0.15) is 21.7 Å². The summed E-state index contributed by atoms with van der Waals surface area (Å²) in [4.78, 5) is 29.8. The molecule has 0 fully saturated rings. The summed E-state index contributed by atoms with van der Waals surface area (Å²) in [7, 11) is 0. The van der Waals surface area contributed by atoms with Crippen molar-refractivity contribution in [1.29, 1.82) is 0 Å². The van der Waals surface area contributed by atoms with Crippen LogP contribution in [0.15, 0.2) is 83.7 Å². The Bertz CT molecular complexity index is 1290. The van der Waals surface area contributed by atoms with Crippen molar-refractivity contribution >= 4 is 34.4 Å². The number of para-hydroxylation sites is 1. The van der Waals surface area contributed by atoms with Crippen LogP contribution in [-0.4, -0.2) is 15.3 Å². The Balaban J connectivity index is 1.63. The number of fused-ring (bicyclic) bond motifs is 1. The van der Waals surface area contributed by atoms with E-state index in [9.17, 15) is 9.59 Å². The number of carbonyl (C=O) groups is 1. The largest absolute Gasteiger partial charge is 0.289 e. The monoisotopic (exact) mass is 400 g/mol. The van der Waals surface area contributed by atoms with Crippen LogP contribution in [0.5, 0.6) is 0 Å². The van der Waals surface area contributed by atoms with Crippen LogP contribution in [0.2, 0.25) is 5.02 Å². The Kier molecular flexibility index (Phi) is 5.10. The number of rotatable bonds is 4. The summed E-state index contributed by atoms with van der Waals surface area (Å²) < 4.78 is 1.56. The summed E-state index contributed by atoms with van der Waals surface area (Å²) in [6.07, 6.45) is 3.27. The first-order valence-electron chi connectivity index (χ1n) is 9.10. The van der Waals surface area contributed by atoms with E-state index in [2.05, 4.69) is 4.98 Å². The Morgan fingerprint density at radius 3 is 2.38 bits per heavy atom. The van der Waals surface area contributed by atoms with Gasteiger partial charge in [0, 0.05) is 10.6 Å². The second kappa shape index (κ2) is 7.86. The molecular weight excluding hydrogens is 384 g/mol. The molecule has 0 saturated heterocycles. The molecule has 142 valence electrons. The van der Waals surface area contributed by atoms with Gasteiger partial charge in [0.15, 0.2) is 5.78 Å². The molecule has 4 aromatic rings. The van der Waals surface area contributed by atoms with E-state index < -0.39 is 0 Å². The van der Waals surface area contributed by atoms with E-state index in [0.29, 0.717) is 33.0 Å². The number of aromatic nitrogens is 2. The lowest BCUT2D eigenvalue weighted by atomic mass is 10.1. The molecular formula is C24H17ClN2O2. The number of aryl methyl sites for hydroxylation is 1. The lowest BCUT2D eigenvalue weighted by Crippen LogP contribution is -2.22. The number of hydrogen-bond acceptors (Lipinski definition) is 3. The molecule has 0 unspecified atom stereocenters. The molecule has 3 aromatic carbocycles. The van der Waals surface area contributed by atoms with Gasteiger partial charge in [0.05, 0.1) is 16.6 Å². The van der Waals surface area contributed by atoms with Crippen LogP contribution in [0.3, 0.4) is 0 Å². The van der Waals surface area contributed by atoms with Crippen molar-refractivity contribution < 1.29 is 4.79 Å². The van der Waals surface area contributed by atoms with Gasteiger partial charge < -0.3 is 0 Å². The number of nitrogens with zero attached hydrogens (tertiary/aromatic N) is 2. The molecule has 4 rings (SSSR count). The molecule has 0 amide bonds. The molecule has 0 atom stereocenters. The number of ketones is 1. The van der Waals surface area contributed by atoms with Gasteiger partial charge in [-0.3, -0.25) is 14.2 Å². The summed E-state index contributed by atoms with van der Waals surface area (Å²) in [6, 6.07) is 21.4. The van der Waals surface area contributed by atoms with E-state index in [1.165, 1.54) is 6.08 Å². The molecule has 29 heavy (non-hydrogen) atoms. The number of benzene rings is 3. The zero-order valence-electron chi connectivity index (χ0n) is 15.7. The number of hydrogen-bond donors (Lipinski definition) is 0. The topological polar surface area (TPSA) is 52.0 Å². The molecule has 0 radical (unpaired) electrons. The molecule has 0 N–H and O–H groups in total. The molecule has 0 aliphatic heterocycles. The van der Waals surface area contributed by atoms with Crippen LogP contribution in [0.4, 0.5) is 0 Å². The van der Waals surface area contributed by atoms with Crippen LogP contribution < -0.4 is 5.56 Å². The predicted octanol–water partition coefficient (Wildman–Crippen LogP) is 5.24. The highest BCUT2D eigenvalue weighted by molar-refractivity contribution is 6.30. The molecule has 1 aromatic heterocycles. The van der Waals surface area contributed by atoms with Crippen molar-refractivity contribution in [3.05, 3.63) is 111 Å². The fraction of sp³-hybridized carbons (Fsp3) is 0.0417. The Hall–Kier alpha value is -3.50. The fourth-order valence-electron chi connectivity index (χ4n) is 3.16. The minimum absolute atomic E-state index is 0.118. The lowest BCUT2D eigenvalue weighted by Gasteiger charge is -2.11. The van der Waals surface area contributed by atoms with Gasteiger partial charge in [0.1, 0.15) is 5.82 Å². The maximum atomic E-state index is 12.9. The van der Waals surface area contributed by atoms with E-state index in [1.807, 2.05) is 30.3 Å². The average molecular weight is 401 g/mol. The van der Waals surface area contributed by atoms with Crippen molar-refractivity contribution in [3.63, 3.8) is 0 Å². The van der Waals surface area contributed by atoms with Crippen LogP contribution in [0.25, 0.3) is 22.7 Å². The van der Waals surface area contributed by atoms with Crippen molar-refractivity contribution in [3.8, 4) is 5.69 Å². The third kappa shape index (κ3) is 3.89. The minimum atomic E-state index is -0.130. The first kappa shape index (κ1) is 18.8. The zero-order valence-corrected chi connectivity index (χ0v) is 16.4. The van der Waals surface area contributed by atoms with E-state index >= 15 is 0 Å². The van der Waals surface area contributed by atoms with E-state index in [0.717, 1.165) is 5.56 Å². The molecule has 0 bridgehead atoms. The van der Waals surface area contributed by atoms with Crippen molar-refractivity contribution in [2.75, 3.05) is 0 Å². The van der Waals surface area contributed by atoms with Gasteiger partial charge in [-0.05, 0) is 67.1 Å². The highest BCUT2D eigenvalue weighted by Gasteiger charge is 2.10. The van der Waals surface area contributed by atoms with Gasteiger partial charge >= 0.3 is 0 Å². The normalized spacial score (nSPS) is 11.2. The molecule has 4 nitrogen and oxygen atoms in total. The summed E-state index contributed by atoms with van der Waals surface area (Å²) >= 11 is 5.87. The number of carbonyl (C=O) groups excluding carboxylic acids is 1. The predicted molar refractivity (Wildman–Crippen MR) is 117 cm³/mol. The first-order chi connectivity index (χ1) is 14.0. The van der Waals surface area contributed by atoms with Gasteiger partial charge in [-0.2, -0.15) is 0 Å². The van der Waals surface area contributed by atoms with Gasteiger partial charge in [-0.15, -0.1) is 0 Å². The summed E-state index contributed by atoms with van der Waals surface area (Å²) in [5.74, 6) is 0.475. The second-order valence-corrected chi connectivity index (χ2v) is 7.05. The maximum Gasteiger partial charge on any atom is 0.265 e. The standard InChI is InChI=1S/C24H17ClN2O2/c1-16-26-22-5-3-2-4-21(22)24(29)27(16)20-13-9-18(10-14-20)23(28)15-8-17-6-11-19(25)12-7-17/h2-15H,1H3. The number of allylic oxidation sites excluding steroid dienone is 1. The molecule has 5 heteroatoms. The van der Waals surface area contributed by atoms with E-state index in [1.54, 1.807) is 60.0 Å². The lowest BCUT2D eigenvalue weighted by molar-refractivity contribution is 0.104. The summed E-state index contributed by atoms with van der Waals surface area (Å²) in [5.41, 5.74) is 2.64. The fourth-order valence-corrected chi connectivity index (χ4v) is 3.29. The third-order valence-corrected chi connectivity index (χ3v) is 4.90. The third-order valence-electron chi connectivity index (χ3n) is 4.65. The second-order valence-electron chi connectivity index (χ2n) is 6.61. The summed E-state index contributed by atoms with van der Waals surface area (Å²) in [6.45, 7) is 1.79. The highest BCUT2D eigenvalue weighted by atomic mass is 35.5. The smallest absolute Gasteiger partial charge is 0.265 e. The first-order valence-corrected chi connectivity index (χ1v) is 9.47. The number of halogens is 1. The maximum absolute atomic E-state index is 12.9. The molecule has 0 aliphatic carbocycles. The van der Waals surface area contributed by atoms with E-state index in [-0.39, 0.29) is 11.3 Å². The van der Waals surface area contributed by atoms with Crippen LogP contribution in [-0.2, 0) is 0 Å². The van der Waals surface area contributed by atoms with Crippen molar-refractivity contribution in [1.82, 2.24) is 9.55 Å². The van der Waals surface area contributed by atoms with Gasteiger partial charge in [0.25, 0.3) is 5.56 Å². The Morgan fingerprint density at radius 2 is 1.66 bits per heavy atom. The van der Waals surface area contributed by atoms with Crippen LogP contribution >= 0.6 is 11.6 Å². The molecule has 1 heterocycles. The van der Waals surface area contributed by atoms with Crippen molar-refractivity contribution in [2.24, 2.45) is 0 Å². The van der Waals surface area contributed by atoms with E-state index in [4.69, 9.17) is 11.6 Å². The quantitative estimate of drug-likeness (QED) is 0.347. The SMILES string of the molecule is Cc1nc2ccccc2c(=O)n1-c1ccc(C(=O)C=Cc2ccc(Cl)cc2)cc1. The highest BCUT2D eigenvalue weighted by Crippen LogP contribution is 2.15. The zero-order chi connectivity index (χ0) is 20.4. The van der Waals surface area contributed by atoms with Gasteiger partial charge in [-0.25, -0.2) is 4.98 Å². The molecule has 0 aliphatic rings. The van der Waals surface area contributed by atoms with Crippen LogP contribution in [0, 0.1) is 6.92 Å². The minimum Gasteiger partial charge on any atom is -0.289 e. The summed E-state index contributed by atoms with van der Waals surface area (Å²) in [5, 5.41) is 1.21. The molecule has 0 saturated carbocycles. The van der Waals surface area contributed by atoms with Crippen molar-refractivity contribution in [2.45, 2.75) is 6.92 Å². The Morgan fingerprint density at radius 1 is 0.966 bits per heavy atom. The molecule has 0 spiro atoms.